The molecule has 2 aliphatic carbocycles. The van der Waals surface area contributed by atoms with E-state index in [4.69, 9.17) is 9.47 Å². The van der Waals surface area contributed by atoms with Gasteiger partial charge in [0, 0.05) is 25.0 Å². The first-order valence-electron chi connectivity index (χ1n) is 9.83. The summed E-state index contributed by atoms with van der Waals surface area (Å²) in [5.41, 5.74) is -0.255. The first-order chi connectivity index (χ1) is 12.8. The summed E-state index contributed by atoms with van der Waals surface area (Å²) in [7, 11) is 1.64. The van der Waals surface area contributed by atoms with Crippen molar-refractivity contribution in [1.29, 1.82) is 0 Å². The number of rotatable bonds is 8. The van der Waals surface area contributed by atoms with Crippen LogP contribution in [0.15, 0.2) is 24.3 Å². The maximum absolute atomic E-state index is 12.5. The molecule has 27 heavy (non-hydrogen) atoms. The van der Waals surface area contributed by atoms with E-state index in [2.05, 4.69) is 10.6 Å². The van der Waals surface area contributed by atoms with Gasteiger partial charge in [-0.15, -0.1) is 0 Å². The summed E-state index contributed by atoms with van der Waals surface area (Å²) >= 11 is 0. The number of hydrogen-bond acceptors (Lipinski definition) is 4. The quantitative estimate of drug-likeness (QED) is 0.652. The van der Waals surface area contributed by atoms with Crippen molar-refractivity contribution in [1.82, 2.24) is 10.6 Å². The Balaban J connectivity index is 1.56. The summed E-state index contributed by atoms with van der Waals surface area (Å²) in [4.78, 5) is 12.5. The van der Waals surface area contributed by atoms with Gasteiger partial charge in [-0.25, -0.2) is 4.79 Å². The summed E-state index contributed by atoms with van der Waals surface area (Å²) in [5, 5.41) is 16.8. The number of ether oxygens (including phenoxy) is 2. The number of carbonyl (C=O) groups is 1. The molecule has 0 aromatic heterocycles. The molecule has 6 heteroatoms. The van der Waals surface area contributed by atoms with Crippen molar-refractivity contribution in [2.24, 2.45) is 11.3 Å². The van der Waals surface area contributed by atoms with Crippen molar-refractivity contribution in [3.63, 3.8) is 0 Å². The molecule has 0 saturated heterocycles. The maximum Gasteiger partial charge on any atom is 0.315 e. The number of urea groups is 1. The van der Waals surface area contributed by atoms with Crippen molar-refractivity contribution in [3.8, 4) is 5.75 Å². The Morgan fingerprint density at radius 3 is 2.48 bits per heavy atom. The van der Waals surface area contributed by atoms with Gasteiger partial charge in [0.1, 0.15) is 5.75 Å². The Morgan fingerprint density at radius 1 is 1.30 bits per heavy atom. The van der Waals surface area contributed by atoms with Crippen LogP contribution in [0.5, 0.6) is 5.75 Å². The minimum Gasteiger partial charge on any atom is -0.497 e. The van der Waals surface area contributed by atoms with E-state index in [0.717, 1.165) is 24.2 Å². The van der Waals surface area contributed by atoms with E-state index < -0.39 is 5.60 Å². The molecule has 1 aromatic carbocycles. The molecule has 150 valence electrons. The highest BCUT2D eigenvalue weighted by Gasteiger charge is 2.60. The van der Waals surface area contributed by atoms with Crippen LogP contribution in [0.3, 0.4) is 0 Å². The number of amides is 2. The molecule has 2 saturated carbocycles. The topological polar surface area (TPSA) is 79.8 Å². The second-order valence-electron chi connectivity index (χ2n) is 8.32. The predicted octanol–water partition coefficient (Wildman–Crippen LogP) is 3.01. The van der Waals surface area contributed by atoms with E-state index in [0.29, 0.717) is 18.9 Å². The highest BCUT2D eigenvalue weighted by atomic mass is 16.5. The van der Waals surface area contributed by atoms with Gasteiger partial charge in [0.25, 0.3) is 0 Å². The Kier molecular flexibility index (Phi) is 5.68. The zero-order valence-corrected chi connectivity index (χ0v) is 16.7. The zero-order chi connectivity index (χ0) is 19.7. The van der Waals surface area contributed by atoms with Gasteiger partial charge < -0.3 is 25.2 Å². The molecule has 2 fully saturated rings. The monoisotopic (exact) mass is 376 g/mol. The molecular weight excluding hydrogens is 344 g/mol. The highest BCUT2D eigenvalue weighted by Crippen LogP contribution is 2.51. The first-order valence-corrected chi connectivity index (χ1v) is 9.83. The average Bonchev–Trinajstić information content (AvgIpc) is 3.49. The Morgan fingerprint density at radius 2 is 1.96 bits per heavy atom. The van der Waals surface area contributed by atoms with Crippen LogP contribution in [0.2, 0.25) is 0 Å². The smallest absolute Gasteiger partial charge is 0.315 e. The molecule has 6 nitrogen and oxygen atoms in total. The van der Waals surface area contributed by atoms with Gasteiger partial charge in [-0.1, -0.05) is 26.0 Å². The van der Waals surface area contributed by atoms with Crippen LogP contribution < -0.4 is 15.4 Å². The molecule has 2 aliphatic rings. The van der Waals surface area contributed by atoms with Crippen LogP contribution >= 0.6 is 0 Å². The zero-order valence-electron chi connectivity index (χ0n) is 16.7. The SMILES string of the molecule is CCOC1CC(O)(CNC(=O)NC(c2ccc(OC)cc2)C2CC2)C1(C)C. The van der Waals surface area contributed by atoms with Gasteiger partial charge in [0.15, 0.2) is 0 Å². The number of benzene rings is 1. The molecule has 0 heterocycles. The Labute approximate surface area is 161 Å². The van der Waals surface area contributed by atoms with Crippen LogP contribution in [-0.2, 0) is 4.74 Å². The molecular formula is C21H32N2O4. The number of carbonyl (C=O) groups excluding carboxylic acids is 1. The molecule has 0 spiro atoms. The molecule has 3 rings (SSSR count). The third kappa shape index (κ3) is 4.06. The van der Waals surface area contributed by atoms with Gasteiger partial charge >= 0.3 is 6.03 Å². The van der Waals surface area contributed by atoms with Crippen molar-refractivity contribution in [3.05, 3.63) is 29.8 Å². The maximum atomic E-state index is 12.5. The molecule has 1 aromatic rings. The van der Waals surface area contributed by atoms with E-state index in [1.54, 1.807) is 7.11 Å². The Bertz CT molecular complexity index is 657. The van der Waals surface area contributed by atoms with Crippen molar-refractivity contribution < 1.29 is 19.4 Å². The minimum absolute atomic E-state index is 0.0175. The number of hydrogen-bond donors (Lipinski definition) is 3. The third-order valence-corrected chi connectivity index (χ3v) is 6.29. The standard InChI is InChI=1S/C21H32N2O4/c1-5-27-17-12-21(25,20(17,2)3)13-22-19(24)23-18(14-6-7-14)15-8-10-16(26-4)11-9-15/h8-11,14,17-18,25H,5-7,12-13H2,1-4H3,(H2,22,23,24). The van der Waals surface area contributed by atoms with Crippen LogP contribution in [-0.4, -0.2) is 43.1 Å². The summed E-state index contributed by atoms with van der Waals surface area (Å²) in [6.45, 7) is 6.77. The number of nitrogens with one attached hydrogen (secondary N) is 2. The van der Waals surface area contributed by atoms with Crippen LogP contribution in [0.25, 0.3) is 0 Å². The van der Waals surface area contributed by atoms with Crippen molar-refractivity contribution in [2.45, 2.75) is 57.8 Å². The van der Waals surface area contributed by atoms with Crippen molar-refractivity contribution >= 4 is 6.03 Å². The largest absolute Gasteiger partial charge is 0.497 e. The van der Waals surface area contributed by atoms with E-state index in [-0.39, 0.29) is 30.1 Å². The predicted molar refractivity (Wildman–Crippen MR) is 104 cm³/mol. The molecule has 0 bridgehead atoms. The van der Waals surface area contributed by atoms with E-state index >= 15 is 0 Å². The highest BCUT2D eigenvalue weighted by molar-refractivity contribution is 5.74. The molecule has 0 radical (unpaired) electrons. The summed E-state index contributed by atoms with van der Waals surface area (Å²) in [5.74, 6) is 1.27. The summed E-state index contributed by atoms with van der Waals surface area (Å²) in [6, 6.07) is 7.56. The molecule has 3 atom stereocenters. The first kappa shape index (κ1) is 20.0. The second-order valence-corrected chi connectivity index (χ2v) is 8.32. The van der Waals surface area contributed by atoms with Crippen LogP contribution in [0.4, 0.5) is 4.79 Å². The van der Waals surface area contributed by atoms with Crippen LogP contribution in [0, 0.1) is 11.3 Å². The second kappa shape index (κ2) is 7.68. The number of methoxy groups -OCH3 is 1. The lowest BCUT2D eigenvalue weighted by atomic mass is 9.56. The van der Waals surface area contributed by atoms with E-state index in [9.17, 15) is 9.90 Å². The Hall–Kier alpha value is -1.79. The molecule has 0 aliphatic heterocycles. The van der Waals surface area contributed by atoms with Crippen molar-refractivity contribution in [2.75, 3.05) is 20.3 Å². The van der Waals surface area contributed by atoms with Gasteiger partial charge in [-0.05, 0) is 43.4 Å². The number of aliphatic hydroxyl groups is 1. The minimum atomic E-state index is -0.945. The lowest BCUT2D eigenvalue weighted by Gasteiger charge is -2.57. The lowest BCUT2D eigenvalue weighted by molar-refractivity contribution is -0.237. The van der Waals surface area contributed by atoms with Gasteiger partial charge in [0.2, 0.25) is 0 Å². The normalized spacial score (nSPS) is 27.4. The third-order valence-electron chi connectivity index (χ3n) is 6.29. The van der Waals surface area contributed by atoms with Gasteiger partial charge in [-0.2, -0.15) is 0 Å². The van der Waals surface area contributed by atoms with E-state index in [1.165, 1.54) is 0 Å². The summed E-state index contributed by atoms with van der Waals surface area (Å²) < 4.78 is 10.9. The van der Waals surface area contributed by atoms with Gasteiger partial charge in [0.05, 0.1) is 24.9 Å². The fourth-order valence-corrected chi connectivity index (χ4v) is 3.89. The molecule has 3 unspecified atom stereocenters. The van der Waals surface area contributed by atoms with Gasteiger partial charge in [-0.3, -0.25) is 0 Å². The lowest BCUT2D eigenvalue weighted by Crippen LogP contribution is -2.69. The van der Waals surface area contributed by atoms with E-state index in [1.807, 2.05) is 45.0 Å². The fourth-order valence-electron chi connectivity index (χ4n) is 3.89. The average molecular weight is 376 g/mol. The molecule has 3 N–H and O–H groups in total. The van der Waals surface area contributed by atoms with Crippen LogP contribution in [0.1, 0.15) is 51.6 Å². The fraction of sp³-hybridized carbons (Fsp3) is 0.667. The molecule has 2 amide bonds. The summed E-state index contributed by atoms with van der Waals surface area (Å²) in [6.07, 6.45) is 2.79.